The standard InChI is InChI=1S/C10H11NO/c1-8-6-7-11(12)10-5-3-2-4-9(8)10/h2-6,11H,7H2,1H3. The van der Waals surface area contributed by atoms with Gasteiger partial charge >= 0.3 is 0 Å². The molecule has 0 spiro atoms. The summed E-state index contributed by atoms with van der Waals surface area (Å²) in [6.45, 7) is 2.61. The molecule has 2 heteroatoms. The van der Waals surface area contributed by atoms with Gasteiger partial charge < -0.3 is 10.3 Å². The van der Waals surface area contributed by atoms with Crippen LogP contribution in [0.2, 0.25) is 0 Å². The lowest BCUT2D eigenvalue weighted by Crippen LogP contribution is -3.02. The average Bonchev–Trinajstić information content (AvgIpc) is 2.12. The summed E-state index contributed by atoms with van der Waals surface area (Å²) in [5.41, 5.74) is 3.18. The fourth-order valence-corrected chi connectivity index (χ4v) is 1.54. The quantitative estimate of drug-likeness (QED) is 0.567. The van der Waals surface area contributed by atoms with Crippen LogP contribution in [0.5, 0.6) is 0 Å². The van der Waals surface area contributed by atoms with Gasteiger partial charge in [-0.05, 0) is 30.7 Å². The van der Waals surface area contributed by atoms with Crippen molar-refractivity contribution in [3.8, 4) is 0 Å². The Labute approximate surface area is 71.7 Å². The number of hydroxylamine groups is 1. The third-order valence-electron chi connectivity index (χ3n) is 2.25. The van der Waals surface area contributed by atoms with Gasteiger partial charge in [-0.3, -0.25) is 0 Å². The highest BCUT2D eigenvalue weighted by atomic mass is 16.5. The molecule has 1 aliphatic rings. The molecule has 0 aromatic heterocycles. The Kier molecular flexibility index (Phi) is 1.71. The number of para-hydroxylation sites is 1. The Morgan fingerprint density at radius 3 is 2.83 bits per heavy atom. The number of fused-ring (bicyclic) bond motifs is 1. The SMILES string of the molecule is CC1=CC[NH+]([O-])c2ccccc21. The fraction of sp³-hybridized carbons (Fsp3) is 0.200. The largest absolute Gasteiger partial charge is 0.629 e. The summed E-state index contributed by atoms with van der Waals surface area (Å²) < 4.78 is 0. The first kappa shape index (κ1) is 7.53. The van der Waals surface area contributed by atoms with Gasteiger partial charge in [0.25, 0.3) is 0 Å². The zero-order valence-corrected chi connectivity index (χ0v) is 7.00. The normalized spacial score (nSPS) is 21.5. The molecule has 1 N–H and O–H groups in total. The van der Waals surface area contributed by atoms with Gasteiger partial charge in [0.1, 0.15) is 12.2 Å². The van der Waals surface area contributed by atoms with E-state index in [1.165, 1.54) is 5.57 Å². The van der Waals surface area contributed by atoms with E-state index in [0.29, 0.717) is 6.54 Å². The van der Waals surface area contributed by atoms with E-state index in [9.17, 15) is 5.21 Å². The van der Waals surface area contributed by atoms with Gasteiger partial charge in [-0.2, -0.15) is 0 Å². The Hall–Kier alpha value is -1.12. The second-order valence-electron chi connectivity index (χ2n) is 3.06. The van der Waals surface area contributed by atoms with Crippen molar-refractivity contribution in [1.29, 1.82) is 0 Å². The van der Waals surface area contributed by atoms with Crippen molar-refractivity contribution in [2.45, 2.75) is 6.92 Å². The van der Waals surface area contributed by atoms with Crippen molar-refractivity contribution in [3.63, 3.8) is 0 Å². The smallest absolute Gasteiger partial charge is 0.139 e. The lowest BCUT2D eigenvalue weighted by molar-refractivity contribution is -0.769. The van der Waals surface area contributed by atoms with Crippen LogP contribution in [0.3, 0.4) is 0 Å². The van der Waals surface area contributed by atoms with Crippen molar-refractivity contribution in [2.24, 2.45) is 0 Å². The van der Waals surface area contributed by atoms with E-state index in [4.69, 9.17) is 0 Å². The van der Waals surface area contributed by atoms with E-state index >= 15 is 0 Å². The molecule has 0 aliphatic carbocycles. The summed E-state index contributed by atoms with van der Waals surface area (Å²) in [7, 11) is 0. The summed E-state index contributed by atoms with van der Waals surface area (Å²) >= 11 is 0. The lowest BCUT2D eigenvalue weighted by Gasteiger charge is -2.26. The summed E-state index contributed by atoms with van der Waals surface area (Å²) in [6, 6.07) is 7.77. The molecule has 2 rings (SSSR count). The lowest BCUT2D eigenvalue weighted by atomic mass is 10.0. The van der Waals surface area contributed by atoms with Crippen molar-refractivity contribution in [3.05, 3.63) is 41.1 Å². The molecule has 12 heavy (non-hydrogen) atoms. The van der Waals surface area contributed by atoms with Gasteiger partial charge in [0.05, 0.1) is 0 Å². The first-order valence-corrected chi connectivity index (χ1v) is 4.08. The van der Waals surface area contributed by atoms with Gasteiger partial charge in [0.2, 0.25) is 0 Å². The van der Waals surface area contributed by atoms with Crippen LogP contribution in [0.25, 0.3) is 5.57 Å². The number of benzene rings is 1. The number of nitrogens with one attached hydrogen (secondary N) is 1. The topological polar surface area (TPSA) is 27.5 Å². The zero-order valence-electron chi connectivity index (χ0n) is 7.00. The number of allylic oxidation sites excluding steroid dienone is 1. The Morgan fingerprint density at radius 1 is 1.33 bits per heavy atom. The van der Waals surface area contributed by atoms with Crippen LogP contribution in [-0.2, 0) is 0 Å². The molecule has 0 saturated carbocycles. The first-order valence-electron chi connectivity index (χ1n) is 4.08. The van der Waals surface area contributed by atoms with Gasteiger partial charge in [0.15, 0.2) is 0 Å². The number of hydrogen-bond donors (Lipinski definition) is 1. The van der Waals surface area contributed by atoms with Gasteiger partial charge in [-0.15, -0.1) is 0 Å². The predicted octanol–water partition coefficient (Wildman–Crippen LogP) is 1.12. The first-order chi connectivity index (χ1) is 5.79. The minimum Gasteiger partial charge on any atom is -0.629 e. The molecule has 1 atom stereocenters. The predicted molar refractivity (Wildman–Crippen MR) is 48.9 cm³/mol. The molecule has 2 nitrogen and oxygen atoms in total. The maximum atomic E-state index is 11.4. The van der Waals surface area contributed by atoms with Crippen LogP contribution in [0.4, 0.5) is 5.69 Å². The summed E-state index contributed by atoms with van der Waals surface area (Å²) in [5.74, 6) is 0. The molecule has 1 aliphatic heterocycles. The summed E-state index contributed by atoms with van der Waals surface area (Å²) in [4.78, 5) is 0. The molecule has 0 bridgehead atoms. The molecule has 1 aromatic carbocycles. The number of hydrogen-bond acceptors (Lipinski definition) is 1. The maximum Gasteiger partial charge on any atom is 0.139 e. The second-order valence-corrected chi connectivity index (χ2v) is 3.06. The monoisotopic (exact) mass is 161 g/mol. The van der Waals surface area contributed by atoms with E-state index < -0.39 is 0 Å². The molecule has 1 heterocycles. The van der Waals surface area contributed by atoms with E-state index in [0.717, 1.165) is 11.3 Å². The van der Waals surface area contributed by atoms with E-state index in [-0.39, 0.29) is 5.06 Å². The highest BCUT2D eigenvalue weighted by molar-refractivity contribution is 5.72. The van der Waals surface area contributed by atoms with Crippen molar-refractivity contribution in [2.75, 3.05) is 6.54 Å². The molecule has 0 radical (unpaired) electrons. The number of quaternary nitrogens is 1. The highest BCUT2D eigenvalue weighted by Gasteiger charge is 2.13. The summed E-state index contributed by atoms with van der Waals surface area (Å²) in [6.07, 6.45) is 1.99. The van der Waals surface area contributed by atoms with Crippen molar-refractivity contribution >= 4 is 11.3 Å². The third-order valence-corrected chi connectivity index (χ3v) is 2.25. The van der Waals surface area contributed by atoms with Crippen LogP contribution in [0.1, 0.15) is 12.5 Å². The Bertz CT molecular complexity index is 330. The molecular formula is C10H11NO. The number of rotatable bonds is 0. The molecule has 1 unspecified atom stereocenters. The van der Waals surface area contributed by atoms with Gasteiger partial charge in [-0.25, -0.2) is 0 Å². The minimum atomic E-state index is 0.233. The van der Waals surface area contributed by atoms with Gasteiger partial charge in [-0.1, -0.05) is 12.1 Å². The highest BCUT2D eigenvalue weighted by Crippen LogP contribution is 2.21. The van der Waals surface area contributed by atoms with Crippen LogP contribution in [-0.4, -0.2) is 6.54 Å². The average molecular weight is 161 g/mol. The molecule has 62 valence electrons. The Balaban J connectivity index is 2.58. The van der Waals surface area contributed by atoms with Crippen molar-refractivity contribution in [1.82, 2.24) is 0 Å². The molecule has 0 amide bonds. The zero-order chi connectivity index (χ0) is 8.55. The van der Waals surface area contributed by atoms with Gasteiger partial charge in [0, 0.05) is 5.56 Å². The van der Waals surface area contributed by atoms with Crippen LogP contribution >= 0.6 is 0 Å². The molecular weight excluding hydrogens is 150 g/mol. The van der Waals surface area contributed by atoms with Crippen LogP contribution in [0.15, 0.2) is 30.3 Å². The van der Waals surface area contributed by atoms with E-state index in [2.05, 4.69) is 0 Å². The molecule has 0 fully saturated rings. The fourth-order valence-electron chi connectivity index (χ4n) is 1.54. The second kappa shape index (κ2) is 2.73. The Morgan fingerprint density at radius 2 is 2.08 bits per heavy atom. The van der Waals surface area contributed by atoms with Crippen LogP contribution < -0.4 is 5.06 Å². The molecule has 0 saturated heterocycles. The summed E-state index contributed by atoms with van der Waals surface area (Å²) in [5, 5.41) is 11.6. The molecule has 1 aromatic rings. The van der Waals surface area contributed by atoms with Crippen LogP contribution in [0, 0.1) is 5.21 Å². The van der Waals surface area contributed by atoms with E-state index in [1.54, 1.807) is 0 Å². The maximum absolute atomic E-state index is 11.4. The third kappa shape index (κ3) is 1.05. The van der Waals surface area contributed by atoms with E-state index in [1.807, 2.05) is 37.3 Å². The minimum absolute atomic E-state index is 0.233. The van der Waals surface area contributed by atoms with Crippen molar-refractivity contribution < 1.29 is 5.06 Å².